The molecule has 1 N–H and O–H groups in total. The topological polar surface area (TPSA) is 102 Å². The van der Waals surface area contributed by atoms with Gasteiger partial charge in [-0.05, 0) is 54.6 Å². The molecular weight excluding hydrogens is 422 g/mol. The first kappa shape index (κ1) is 22.2. The Morgan fingerprint density at radius 2 is 1.87 bits per heavy atom. The first-order valence-electron chi connectivity index (χ1n) is 9.47. The highest BCUT2D eigenvalue weighted by Crippen LogP contribution is 2.40. The predicted molar refractivity (Wildman–Crippen MR) is 117 cm³/mol. The van der Waals surface area contributed by atoms with Gasteiger partial charge in [0.2, 0.25) is 0 Å². The van der Waals surface area contributed by atoms with Crippen molar-refractivity contribution in [1.29, 1.82) is 0 Å². The molecule has 1 fully saturated rings. The largest absolute Gasteiger partial charge is 0.495 e. The zero-order chi connectivity index (χ0) is 22.4. The number of carbonyl (C=O) groups is 3. The third kappa shape index (κ3) is 5.18. The van der Waals surface area contributed by atoms with E-state index >= 15 is 0 Å². The van der Waals surface area contributed by atoms with Crippen LogP contribution in [0.15, 0.2) is 47.4 Å². The van der Waals surface area contributed by atoms with E-state index in [1.54, 1.807) is 48.5 Å². The molecule has 1 saturated heterocycles. The number of nitrogens with zero attached hydrogens (tertiary/aromatic N) is 1. The highest BCUT2D eigenvalue weighted by Gasteiger charge is 2.37. The van der Waals surface area contributed by atoms with Gasteiger partial charge in [0.05, 0.1) is 37.3 Å². The van der Waals surface area contributed by atoms with Gasteiger partial charge in [0.1, 0.15) is 5.75 Å². The van der Waals surface area contributed by atoms with E-state index in [4.69, 9.17) is 19.3 Å². The zero-order valence-corrected chi connectivity index (χ0v) is 17.8. The minimum atomic E-state index is -0.958. The normalized spacial score (nSPS) is 14.8. The number of thioether (sulfide) groups is 1. The number of rotatable bonds is 9. The van der Waals surface area contributed by atoms with E-state index in [0.717, 1.165) is 16.7 Å². The van der Waals surface area contributed by atoms with Gasteiger partial charge in [0.25, 0.3) is 11.1 Å². The zero-order valence-electron chi connectivity index (χ0n) is 17.0. The van der Waals surface area contributed by atoms with Crippen LogP contribution in [0.2, 0.25) is 0 Å². The molecule has 0 aliphatic carbocycles. The van der Waals surface area contributed by atoms with Crippen LogP contribution >= 0.6 is 11.8 Å². The summed E-state index contributed by atoms with van der Waals surface area (Å²) in [6, 6.07) is 11.8. The highest BCUT2D eigenvalue weighted by atomic mass is 32.2. The molecule has 0 spiro atoms. The fourth-order valence-corrected chi connectivity index (χ4v) is 3.73. The first-order valence-corrected chi connectivity index (χ1v) is 10.3. The summed E-state index contributed by atoms with van der Waals surface area (Å²) < 4.78 is 16.3. The van der Waals surface area contributed by atoms with Crippen LogP contribution in [0.1, 0.15) is 18.9 Å². The number of ether oxygens (including phenoxy) is 3. The number of anilines is 1. The average molecular weight is 443 g/mol. The van der Waals surface area contributed by atoms with Crippen LogP contribution in [-0.2, 0) is 9.59 Å². The van der Waals surface area contributed by atoms with Crippen molar-refractivity contribution in [2.24, 2.45) is 0 Å². The molecule has 3 rings (SSSR count). The summed E-state index contributed by atoms with van der Waals surface area (Å²) in [5, 5.41) is 8.34. The van der Waals surface area contributed by atoms with E-state index in [0.29, 0.717) is 35.1 Å². The fraction of sp³-hybridized carbons (Fsp3) is 0.227. The number of methoxy groups -OCH3 is 1. The number of carboxylic acids is 1. The molecule has 31 heavy (non-hydrogen) atoms. The number of imide groups is 1. The van der Waals surface area contributed by atoms with Crippen molar-refractivity contribution < 1.29 is 33.7 Å². The number of hydrogen-bond acceptors (Lipinski definition) is 7. The Morgan fingerprint density at radius 1 is 1.10 bits per heavy atom. The third-order valence-corrected chi connectivity index (χ3v) is 5.13. The second-order valence-electron chi connectivity index (χ2n) is 6.32. The van der Waals surface area contributed by atoms with Gasteiger partial charge in [0, 0.05) is 0 Å². The Hall–Kier alpha value is -3.46. The average Bonchev–Trinajstić information content (AvgIpc) is 3.02. The van der Waals surface area contributed by atoms with Gasteiger partial charge in [0.15, 0.2) is 11.5 Å². The van der Waals surface area contributed by atoms with Crippen LogP contribution in [0.5, 0.6) is 17.2 Å². The van der Waals surface area contributed by atoms with Crippen LogP contribution < -0.4 is 19.1 Å². The second-order valence-corrected chi connectivity index (χ2v) is 7.31. The molecule has 2 amide bonds. The number of benzene rings is 2. The first-order chi connectivity index (χ1) is 14.9. The third-order valence-electron chi connectivity index (χ3n) is 4.26. The molecule has 1 aliphatic rings. The van der Waals surface area contributed by atoms with Gasteiger partial charge in [-0.1, -0.05) is 18.2 Å². The van der Waals surface area contributed by atoms with Crippen molar-refractivity contribution in [3.05, 3.63) is 52.9 Å². The maximum atomic E-state index is 12.9. The van der Waals surface area contributed by atoms with Gasteiger partial charge in [-0.25, -0.2) is 4.90 Å². The number of amides is 2. The molecular formula is C22H21NO7S. The lowest BCUT2D eigenvalue weighted by molar-refractivity contribution is -0.137. The maximum Gasteiger partial charge on any atom is 0.306 e. The molecule has 0 radical (unpaired) electrons. The lowest BCUT2D eigenvalue weighted by Crippen LogP contribution is -2.28. The molecule has 0 saturated carbocycles. The Morgan fingerprint density at radius 3 is 2.58 bits per heavy atom. The molecule has 0 aromatic heterocycles. The Kier molecular flexibility index (Phi) is 7.19. The molecule has 9 heteroatoms. The maximum absolute atomic E-state index is 12.9. The van der Waals surface area contributed by atoms with E-state index in [2.05, 4.69) is 0 Å². The number of hydrogen-bond donors (Lipinski definition) is 1. The number of para-hydroxylation sites is 2. The minimum Gasteiger partial charge on any atom is -0.495 e. The van der Waals surface area contributed by atoms with Crippen molar-refractivity contribution in [2.45, 2.75) is 13.3 Å². The molecule has 2 aromatic rings. The Balaban J connectivity index is 1.85. The molecule has 162 valence electrons. The molecule has 0 bridgehead atoms. The van der Waals surface area contributed by atoms with E-state index < -0.39 is 17.1 Å². The van der Waals surface area contributed by atoms with E-state index in [9.17, 15) is 14.4 Å². The summed E-state index contributed by atoms with van der Waals surface area (Å²) in [5.41, 5.74) is 1.02. The summed E-state index contributed by atoms with van der Waals surface area (Å²) in [7, 11) is 1.48. The number of carboxylic acid groups (broad SMARTS) is 1. The summed E-state index contributed by atoms with van der Waals surface area (Å²) in [4.78, 5) is 37.5. The van der Waals surface area contributed by atoms with Crippen LogP contribution in [-0.4, -0.2) is 42.5 Å². The Labute approximate surface area is 183 Å². The lowest BCUT2D eigenvalue weighted by Gasteiger charge is -2.15. The van der Waals surface area contributed by atoms with Crippen LogP contribution in [0.3, 0.4) is 0 Å². The fourth-order valence-electron chi connectivity index (χ4n) is 2.89. The van der Waals surface area contributed by atoms with Gasteiger partial charge in [-0.15, -0.1) is 0 Å². The smallest absolute Gasteiger partial charge is 0.306 e. The SMILES string of the molecule is CCOc1cc(/C=C2/SC(=O)N(c3ccccc3OC)C2=O)ccc1OCCC(=O)O. The quantitative estimate of drug-likeness (QED) is 0.576. The molecule has 1 heterocycles. The Bertz CT molecular complexity index is 1030. The van der Waals surface area contributed by atoms with Crippen molar-refractivity contribution in [2.75, 3.05) is 25.2 Å². The van der Waals surface area contributed by atoms with Gasteiger partial charge in [-0.2, -0.15) is 0 Å². The van der Waals surface area contributed by atoms with E-state index in [-0.39, 0.29) is 17.9 Å². The monoisotopic (exact) mass is 443 g/mol. The van der Waals surface area contributed by atoms with Gasteiger partial charge in [-0.3, -0.25) is 14.4 Å². The summed E-state index contributed by atoms with van der Waals surface area (Å²) in [6.07, 6.45) is 1.47. The van der Waals surface area contributed by atoms with Crippen LogP contribution in [0, 0.1) is 0 Å². The standard InChI is InChI=1S/C22H21NO7S/c1-3-29-18-12-14(8-9-17(18)30-11-10-20(24)25)13-19-21(26)23(22(27)31-19)15-6-4-5-7-16(15)28-2/h4-9,12-13H,3,10-11H2,1-2H3,(H,24,25)/b19-13+. The summed E-state index contributed by atoms with van der Waals surface area (Å²) >= 11 is 0.837. The molecule has 0 atom stereocenters. The van der Waals surface area contributed by atoms with Crippen LogP contribution in [0.25, 0.3) is 6.08 Å². The molecule has 0 unspecified atom stereocenters. The minimum absolute atomic E-state index is 0.00650. The van der Waals surface area contributed by atoms with Crippen molar-refractivity contribution in [3.63, 3.8) is 0 Å². The van der Waals surface area contributed by atoms with E-state index in [1.807, 2.05) is 6.92 Å². The molecule has 2 aromatic carbocycles. The van der Waals surface area contributed by atoms with E-state index in [1.165, 1.54) is 7.11 Å². The molecule has 1 aliphatic heterocycles. The van der Waals surface area contributed by atoms with Crippen molar-refractivity contribution >= 4 is 40.6 Å². The molecule has 8 nitrogen and oxygen atoms in total. The van der Waals surface area contributed by atoms with Crippen molar-refractivity contribution in [1.82, 2.24) is 0 Å². The van der Waals surface area contributed by atoms with Gasteiger partial charge >= 0.3 is 5.97 Å². The lowest BCUT2D eigenvalue weighted by atomic mass is 10.1. The predicted octanol–water partition coefficient (Wildman–Crippen LogP) is 4.19. The van der Waals surface area contributed by atoms with Crippen molar-refractivity contribution in [3.8, 4) is 17.2 Å². The number of carbonyl (C=O) groups excluding carboxylic acids is 2. The summed E-state index contributed by atoms with van der Waals surface area (Å²) in [5.74, 6) is -0.153. The summed E-state index contributed by atoms with van der Waals surface area (Å²) in [6.45, 7) is 2.20. The van der Waals surface area contributed by atoms with Gasteiger partial charge < -0.3 is 19.3 Å². The number of aliphatic carboxylic acids is 1. The second kappa shape index (κ2) is 10.0. The van der Waals surface area contributed by atoms with Crippen LogP contribution in [0.4, 0.5) is 10.5 Å². The highest BCUT2D eigenvalue weighted by molar-refractivity contribution is 8.19.